The average molecular weight is 348 g/mol. The highest BCUT2D eigenvalue weighted by atomic mass is 16.5. The van der Waals surface area contributed by atoms with Gasteiger partial charge in [0.05, 0.1) is 12.1 Å². The van der Waals surface area contributed by atoms with E-state index in [-0.39, 0.29) is 18.1 Å². The van der Waals surface area contributed by atoms with Crippen molar-refractivity contribution in [3.63, 3.8) is 0 Å². The van der Waals surface area contributed by atoms with E-state index in [1.54, 1.807) is 0 Å². The topological polar surface area (TPSA) is 45.3 Å². The highest BCUT2D eigenvalue weighted by molar-refractivity contribution is 6.00. The summed E-state index contributed by atoms with van der Waals surface area (Å²) < 4.78 is 5.67. The molecular formula is C22H24N2O2. The fourth-order valence-corrected chi connectivity index (χ4v) is 3.81. The van der Waals surface area contributed by atoms with Crippen LogP contribution in [-0.2, 0) is 4.74 Å². The van der Waals surface area contributed by atoms with Gasteiger partial charge >= 0.3 is 0 Å². The van der Waals surface area contributed by atoms with E-state index in [2.05, 4.69) is 23.2 Å². The Balaban J connectivity index is 1.69. The van der Waals surface area contributed by atoms with E-state index in [9.17, 15) is 4.79 Å². The molecule has 1 aliphatic heterocycles. The number of rotatable bonds is 6. The zero-order valence-corrected chi connectivity index (χ0v) is 15.2. The van der Waals surface area contributed by atoms with E-state index in [0.29, 0.717) is 13.2 Å². The summed E-state index contributed by atoms with van der Waals surface area (Å²) in [6.07, 6.45) is 3.09. The van der Waals surface area contributed by atoms with Gasteiger partial charge in [-0.25, -0.2) is 0 Å². The molecule has 0 saturated heterocycles. The molecule has 2 aromatic carbocycles. The molecule has 1 aromatic heterocycles. The Morgan fingerprint density at radius 2 is 1.85 bits per heavy atom. The standard InChI is InChI=1S/C22H24N2O2/c1-15(2)26-13-7-12-24-21(17-9-3-4-10-18(17)22(24)25)19-14-23-20-11-6-5-8-16(19)20/h3-6,8-11,14-15,21,23H,7,12-13H2,1-2H3/t21-/m1/s1. The van der Waals surface area contributed by atoms with Crippen molar-refractivity contribution in [3.05, 3.63) is 71.4 Å². The second-order valence-electron chi connectivity index (χ2n) is 7.05. The predicted octanol–water partition coefficient (Wildman–Crippen LogP) is 4.53. The lowest BCUT2D eigenvalue weighted by Crippen LogP contribution is -2.30. The zero-order valence-electron chi connectivity index (χ0n) is 15.2. The number of aromatic amines is 1. The SMILES string of the molecule is CC(C)OCCCN1C(=O)c2ccccc2[C@@H]1c1c[nH]c2ccccc12. The Bertz CT molecular complexity index is 929. The minimum absolute atomic E-state index is 0.0473. The molecule has 0 unspecified atom stereocenters. The van der Waals surface area contributed by atoms with Crippen molar-refractivity contribution in [1.82, 2.24) is 9.88 Å². The van der Waals surface area contributed by atoms with Crippen LogP contribution in [0.15, 0.2) is 54.7 Å². The number of carbonyl (C=O) groups excluding carboxylic acids is 1. The van der Waals surface area contributed by atoms with E-state index in [1.807, 2.05) is 55.3 Å². The molecule has 0 radical (unpaired) electrons. The van der Waals surface area contributed by atoms with Crippen LogP contribution in [0.4, 0.5) is 0 Å². The molecule has 3 aromatic rings. The maximum absolute atomic E-state index is 13.0. The Labute approximate surface area is 153 Å². The lowest BCUT2D eigenvalue weighted by molar-refractivity contribution is 0.0605. The van der Waals surface area contributed by atoms with Gasteiger partial charge < -0.3 is 14.6 Å². The molecule has 134 valence electrons. The first kappa shape index (κ1) is 16.9. The molecule has 2 heterocycles. The summed E-state index contributed by atoms with van der Waals surface area (Å²) in [5, 5.41) is 1.17. The number of aromatic nitrogens is 1. The monoisotopic (exact) mass is 348 g/mol. The fraction of sp³-hybridized carbons (Fsp3) is 0.318. The van der Waals surface area contributed by atoms with Crippen LogP contribution in [-0.4, -0.2) is 35.0 Å². The second-order valence-corrected chi connectivity index (χ2v) is 7.05. The summed E-state index contributed by atoms with van der Waals surface area (Å²) in [6, 6.07) is 16.2. The number of fused-ring (bicyclic) bond motifs is 2. The number of para-hydroxylation sites is 1. The predicted molar refractivity (Wildman–Crippen MR) is 103 cm³/mol. The van der Waals surface area contributed by atoms with Crippen molar-refractivity contribution >= 4 is 16.8 Å². The van der Waals surface area contributed by atoms with Crippen molar-refractivity contribution in [2.45, 2.75) is 32.4 Å². The van der Waals surface area contributed by atoms with Crippen molar-refractivity contribution in [1.29, 1.82) is 0 Å². The van der Waals surface area contributed by atoms with Crippen LogP contribution in [0.3, 0.4) is 0 Å². The summed E-state index contributed by atoms with van der Waals surface area (Å²) in [5.74, 6) is 0.112. The van der Waals surface area contributed by atoms with Gasteiger partial charge in [-0.1, -0.05) is 36.4 Å². The van der Waals surface area contributed by atoms with Crippen molar-refractivity contribution in [2.75, 3.05) is 13.2 Å². The summed E-state index contributed by atoms with van der Waals surface area (Å²) in [7, 11) is 0. The summed E-state index contributed by atoms with van der Waals surface area (Å²) in [5.41, 5.74) is 4.16. The zero-order chi connectivity index (χ0) is 18.1. The first-order valence-electron chi connectivity index (χ1n) is 9.24. The number of hydrogen-bond donors (Lipinski definition) is 1. The molecule has 0 saturated carbocycles. The van der Waals surface area contributed by atoms with Crippen molar-refractivity contribution < 1.29 is 9.53 Å². The highest BCUT2D eigenvalue weighted by Gasteiger charge is 2.38. The largest absolute Gasteiger partial charge is 0.379 e. The lowest BCUT2D eigenvalue weighted by Gasteiger charge is -2.25. The van der Waals surface area contributed by atoms with Crippen LogP contribution in [0.5, 0.6) is 0 Å². The Morgan fingerprint density at radius 3 is 2.69 bits per heavy atom. The van der Waals surface area contributed by atoms with Crippen molar-refractivity contribution in [3.8, 4) is 0 Å². The lowest BCUT2D eigenvalue weighted by atomic mass is 9.97. The normalized spacial score (nSPS) is 16.7. The second kappa shape index (κ2) is 6.96. The molecular weight excluding hydrogens is 324 g/mol. The Kier molecular flexibility index (Phi) is 4.51. The third kappa shape index (κ3) is 2.90. The van der Waals surface area contributed by atoms with Gasteiger partial charge in [0.2, 0.25) is 0 Å². The number of H-pyrrole nitrogens is 1. The maximum Gasteiger partial charge on any atom is 0.255 e. The van der Waals surface area contributed by atoms with E-state index in [0.717, 1.165) is 28.6 Å². The Hall–Kier alpha value is -2.59. The molecule has 0 fully saturated rings. The van der Waals surface area contributed by atoms with Crippen LogP contribution in [0.1, 0.15) is 47.8 Å². The number of hydrogen-bond acceptors (Lipinski definition) is 2. The highest BCUT2D eigenvalue weighted by Crippen LogP contribution is 2.40. The average Bonchev–Trinajstić information content (AvgIpc) is 3.18. The van der Waals surface area contributed by atoms with E-state index in [4.69, 9.17) is 4.74 Å². The van der Waals surface area contributed by atoms with Gasteiger partial charge in [-0.05, 0) is 38.0 Å². The molecule has 0 bridgehead atoms. The number of nitrogens with one attached hydrogen (secondary N) is 1. The van der Waals surface area contributed by atoms with Crippen LogP contribution in [0.2, 0.25) is 0 Å². The van der Waals surface area contributed by atoms with Crippen LogP contribution in [0, 0.1) is 0 Å². The minimum Gasteiger partial charge on any atom is -0.379 e. The third-order valence-corrected chi connectivity index (χ3v) is 4.97. The minimum atomic E-state index is -0.0473. The molecule has 4 rings (SSSR count). The third-order valence-electron chi connectivity index (χ3n) is 4.97. The van der Waals surface area contributed by atoms with Crippen LogP contribution < -0.4 is 0 Å². The van der Waals surface area contributed by atoms with Crippen LogP contribution >= 0.6 is 0 Å². The summed E-state index contributed by atoms with van der Waals surface area (Å²) >= 11 is 0. The molecule has 1 amide bonds. The van der Waals surface area contributed by atoms with Gasteiger partial charge in [-0.15, -0.1) is 0 Å². The van der Waals surface area contributed by atoms with Gasteiger partial charge in [-0.2, -0.15) is 0 Å². The number of benzene rings is 2. The maximum atomic E-state index is 13.0. The molecule has 0 spiro atoms. The van der Waals surface area contributed by atoms with Crippen LogP contribution in [0.25, 0.3) is 10.9 Å². The van der Waals surface area contributed by atoms with Gasteiger partial charge in [0.1, 0.15) is 0 Å². The van der Waals surface area contributed by atoms with Gasteiger partial charge in [-0.3, -0.25) is 4.79 Å². The molecule has 0 aliphatic carbocycles. The number of nitrogens with zero attached hydrogens (tertiary/aromatic N) is 1. The quantitative estimate of drug-likeness (QED) is 0.665. The van der Waals surface area contributed by atoms with E-state index in [1.165, 1.54) is 5.39 Å². The molecule has 4 nitrogen and oxygen atoms in total. The van der Waals surface area contributed by atoms with E-state index < -0.39 is 0 Å². The molecule has 1 aliphatic rings. The number of ether oxygens (including phenoxy) is 1. The van der Waals surface area contributed by atoms with Gasteiger partial charge in [0.15, 0.2) is 0 Å². The molecule has 1 N–H and O–H groups in total. The summed E-state index contributed by atoms with van der Waals surface area (Å²) in [6.45, 7) is 5.42. The number of amides is 1. The molecule has 1 atom stereocenters. The first-order valence-corrected chi connectivity index (χ1v) is 9.24. The fourth-order valence-electron chi connectivity index (χ4n) is 3.81. The molecule has 26 heavy (non-hydrogen) atoms. The van der Waals surface area contributed by atoms with Gasteiger partial charge in [0, 0.05) is 41.4 Å². The van der Waals surface area contributed by atoms with Crippen molar-refractivity contribution in [2.24, 2.45) is 0 Å². The van der Waals surface area contributed by atoms with E-state index >= 15 is 0 Å². The van der Waals surface area contributed by atoms with Gasteiger partial charge in [0.25, 0.3) is 5.91 Å². The first-order chi connectivity index (χ1) is 12.7. The summed E-state index contributed by atoms with van der Waals surface area (Å²) in [4.78, 5) is 18.4. The molecule has 4 heteroatoms. The Morgan fingerprint density at radius 1 is 1.08 bits per heavy atom. The smallest absolute Gasteiger partial charge is 0.255 e. The number of carbonyl (C=O) groups is 1.